The Morgan fingerprint density at radius 3 is 2.90 bits per heavy atom. The first-order valence-corrected chi connectivity index (χ1v) is 6.81. The highest BCUT2D eigenvalue weighted by molar-refractivity contribution is 6.33. The lowest BCUT2D eigenvalue weighted by Gasteiger charge is -2.34. The summed E-state index contributed by atoms with van der Waals surface area (Å²) in [5.74, 6) is -0.0484. The number of hydrogen-bond donors (Lipinski definition) is 1. The van der Waals surface area contributed by atoms with Crippen LogP contribution in [0.2, 0.25) is 5.02 Å². The van der Waals surface area contributed by atoms with Gasteiger partial charge in [-0.2, -0.15) is 0 Å². The molecular weight excluding hydrogens is 282 g/mol. The first-order valence-electron chi connectivity index (χ1n) is 6.43. The highest BCUT2D eigenvalue weighted by Crippen LogP contribution is 2.32. The van der Waals surface area contributed by atoms with Gasteiger partial charge in [0.2, 0.25) is 5.91 Å². The van der Waals surface area contributed by atoms with Crippen molar-refractivity contribution in [2.24, 2.45) is 5.92 Å². The summed E-state index contributed by atoms with van der Waals surface area (Å²) >= 11 is 6.12. The quantitative estimate of drug-likeness (QED) is 0.685. The van der Waals surface area contributed by atoms with Crippen LogP contribution in [-0.4, -0.2) is 31.0 Å². The molecule has 108 valence electrons. The number of nitrogens with zero attached hydrogens (tertiary/aromatic N) is 2. The van der Waals surface area contributed by atoms with Crippen molar-refractivity contribution >= 4 is 28.9 Å². The van der Waals surface area contributed by atoms with Crippen molar-refractivity contribution in [3.63, 3.8) is 0 Å². The lowest BCUT2D eigenvalue weighted by molar-refractivity contribution is -0.384. The van der Waals surface area contributed by atoms with Crippen molar-refractivity contribution in [1.82, 2.24) is 5.32 Å². The van der Waals surface area contributed by atoms with Gasteiger partial charge in [-0.1, -0.05) is 11.6 Å². The molecule has 1 aliphatic heterocycles. The summed E-state index contributed by atoms with van der Waals surface area (Å²) in [4.78, 5) is 23.9. The minimum absolute atomic E-state index is 0.0211. The smallest absolute Gasteiger partial charge is 0.271 e. The number of carbonyl (C=O) groups is 1. The van der Waals surface area contributed by atoms with Crippen LogP contribution in [-0.2, 0) is 4.79 Å². The normalized spacial score (nSPS) is 18.7. The van der Waals surface area contributed by atoms with Gasteiger partial charge < -0.3 is 10.2 Å². The van der Waals surface area contributed by atoms with Crippen molar-refractivity contribution in [1.29, 1.82) is 0 Å². The van der Waals surface area contributed by atoms with Crippen LogP contribution in [0.3, 0.4) is 0 Å². The molecule has 1 unspecified atom stereocenters. The molecule has 1 fully saturated rings. The zero-order valence-electron chi connectivity index (χ0n) is 11.1. The second kappa shape index (κ2) is 6.09. The molecule has 20 heavy (non-hydrogen) atoms. The fourth-order valence-electron chi connectivity index (χ4n) is 2.48. The van der Waals surface area contributed by atoms with Gasteiger partial charge in [0.25, 0.3) is 5.69 Å². The van der Waals surface area contributed by atoms with E-state index in [1.54, 1.807) is 13.1 Å². The van der Waals surface area contributed by atoms with E-state index in [0.29, 0.717) is 11.6 Å². The van der Waals surface area contributed by atoms with E-state index in [0.717, 1.165) is 25.1 Å². The van der Waals surface area contributed by atoms with Crippen LogP contribution in [0.4, 0.5) is 11.4 Å². The number of anilines is 1. The molecule has 0 aromatic heterocycles. The van der Waals surface area contributed by atoms with Gasteiger partial charge in [0.05, 0.1) is 21.6 Å². The number of carbonyl (C=O) groups excluding carboxylic acids is 1. The van der Waals surface area contributed by atoms with Gasteiger partial charge in [-0.25, -0.2) is 0 Å². The van der Waals surface area contributed by atoms with E-state index in [-0.39, 0.29) is 17.5 Å². The predicted molar refractivity (Wildman–Crippen MR) is 77.1 cm³/mol. The lowest BCUT2D eigenvalue weighted by atomic mass is 9.96. The molecule has 0 aliphatic carbocycles. The maximum absolute atomic E-state index is 11.7. The Kier molecular flexibility index (Phi) is 4.44. The van der Waals surface area contributed by atoms with Crippen LogP contribution in [0.25, 0.3) is 0 Å². The SMILES string of the molecule is CNC(=O)C1CCCN(c2ccc([N+](=O)[O-])cc2Cl)C1. The maximum atomic E-state index is 11.7. The second-order valence-electron chi connectivity index (χ2n) is 4.79. The fourth-order valence-corrected chi connectivity index (χ4v) is 2.77. The Morgan fingerprint density at radius 2 is 2.30 bits per heavy atom. The molecule has 1 N–H and O–H groups in total. The zero-order valence-corrected chi connectivity index (χ0v) is 11.9. The molecule has 6 nitrogen and oxygen atoms in total. The second-order valence-corrected chi connectivity index (χ2v) is 5.20. The van der Waals surface area contributed by atoms with E-state index in [2.05, 4.69) is 5.32 Å². The molecule has 1 heterocycles. The lowest BCUT2D eigenvalue weighted by Crippen LogP contribution is -2.42. The van der Waals surface area contributed by atoms with Crippen molar-refractivity contribution in [2.45, 2.75) is 12.8 Å². The zero-order chi connectivity index (χ0) is 14.7. The molecule has 0 bridgehead atoms. The summed E-state index contributed by atoms with van der Waals surface area (Å²) < 4.78 is 0. The Hall–Kier alpha value is -1.82. The summed E-state index contributed by atoms with van der Waals surface area (Å²) in [5, 5.41) is 13.7. The first kappa shape index (κ1) is 14.6. The summed E-state index contributed by atoms with van der Waals surface area (Å²) in [7, 11) is 1.63. The summed E-state index contributed by atoms with van der Waals surface area (Å²) in [6.45, 7) is 1.38. The number of amides is 1. The van der Waals surface area contributed by atoms with Gasteiger partial charge in [0.15, 0.2) is 0 Å². The Bertz CT molecular complexity index is 536. The highest BCUT2D eigenvalue weighted by atomic mass is 35.5. The Morgan fingerprint density at radius 1 is 1.55 bits per heavy atom. The van der Waals surface area contributed by atoms with E-state index in [9.17, 15) is 14.9 Å². The third kappa shape index (κ3) is 3.01. The molecule has 7 heteroatoms. The standard InChI is InChI=1S/C13H16ClN3O3/c1-15-13(18)9-3-2-6-16(8-9)12-5-4-10(17(19)20)7-11(12)14/h4-5,7,9H,2-3,6,8H2,1H3,(H,15,18). The third-order valence-electron chi connectivity index (χ3n) is 3.52. The topological polar surface area (TPSA) is 75.5 Å². The minimum atomic E-state index is -0.473. The molecule has 1 aliphatic rings. The van der Waals surface area contributed by atoms with E-state index >= 15 is 0 Å². The first-order chi connectivity index (χ1) is 9.52. The third-order valence-corrected chi connectivity index (χ3v) is 3.82. The van der Waals surface area contributed by atoms with Crippen molar-refractivity contribution < 1.29 is 9.72 Å². The molecule has 1 saturated heterocycles. The van der Waals surface area contributed by atoms with Gasteiger partial charge in [-0.15, -0.1) is 0 Å². The van der Waals surface area contributed by atoms with Gasteiger partial charge in [-0.3, -0.25) is 14.9 Å². The van der Waals surface area contributed by atoms with Gasteiger partial charge in [0, 0.05) is 32.3 Å². The molecule has 0 spiro atoms. The largest absolute Gasteiger partial charge is 0.370 e. The Labute approximate surface area is 121 Å². The van der Waals surface area contributed by atoms with Crippen molar-refractivity contribution in [3.05, 3.63) is 33.3 Å². The molecule has 0 radical (unpaired) electrons. The summed E-state index contributed by atoms with van der Waals surface area (Å²) in [5.41, 5.74) is 0.712. The van der Waals surface area contributed by atoms with Crippen molar-refractivity contribution in [3.8, 4) is 0 Å². The van der Waals surface area contributed by atoms with Crippen LogP contribution >= 0.6 is 11.6 Å². The molecule has 1 amide bonds. The Balaban J connectivity index is 2.19. The average Bonchev–Trinajstić information content (AvgIpc) is 2.46. The summed E-state index contributed by atoms with van der Waals surface area (Å²) in [6.07, 6.45) is 1.74. The van der Waals surface area contributed by atoms with Crippen LogP contribution in [0.1, 0.15) is 12.8 Å². The van der Waals surface area contributed by atoms with E-state index < -0.39 is 4.92 Å². The number of benzene rings is 1. The average molecular weight is 298 g/mol. The van der Waals surface area contributed by atoms with Crippen LogP contribution in [0, 0.1) is 16.0 Å². The minimum Gasteiger partial charge on any atom is -0.370 e. The van der Waals surface area contributed by atoms with E-state index in [4.69, 9.17) is 11.6 Å². The number of rotatable bonds is 3. The number of nitrogens with one attached hydrogen (secondary N) is 1. The number of nitro groups is 1. The summed E-state index contributed by atoms with van der Waals surface area (Å²) in [6, 6.07) is 4.43. The maximum Gasteiger partial charge on any atom is 0.271 e. The highest BCUT2D eigenvalue weighted by Gasteiger charge is 2.26. The van der Waals surface area contributed by atoms with Crippen LogP contribution < -0.4 is 10.2 Å². The molecule has 1 aromatic rings. The number of piperidine rings is 1. The number of nitro benzene ring substituents is 1. The molecule has 0 saturated carbocycles. The molecular formula is C13H16ClN3O3. The monoisotopic (exact) mass is 297 g/mol. The predicted octanol–water partition coefficient (Wildman–Crippen LogP) is 2.21. The molecule has 1 atom stereocenters. The number of halogens is 1. The van der Waals surface area contributed by atoms with Gasteiger partial charge in [0.1, 0.15) is 0 Å². The van der Waals surface area contributed by atoms with Crippen molar-refractivity contribution in [2.75, 3.05) is 25.0 Å². The molecule has 1 aromatic carbocycles. The fraction of sp³-hybridized carbons (Fsp3) is 0.462. The van der Waals surface area contributed by atoms with Gasteiger partial charge >= 0.3 is 0 Å². The number of hydrogen-bond acceptors (Lipinski definition) is 4. The van der Waals surface area contributed by atoms with E-state index in [1.807, 2.05) is 4.90 Å². The van der Waals surface area contributed by atoms with E-state index in [1.165, 1.54) is 12.1 Å². The molecule has 2 rings (SSSR count). The van der Waals surface area contributed by atoms with Crippen LogP contribution in [0.5, 0.6) is 0 Å². The number of non-ortho nitro benzene ring substituents is 1. The van der Waals surface area contributed by atoms with Crippen LogP contribution in [0.15, 0.2) is 18.2 Å². The van der Waals surface area contributed by atoms with Gasteiger partial charge in [-0.05, 0) is 18.9 Å².